The second-order valence-electron chi connectivity index (χ2n) is 14.5. The van der Waals surface area contributed by atoms with Gasteiger partial charge < -0.3 is 4.90 Å². The highest BCUT2D eigenvalue weighted by molar-refractivity contribution is 5.91. The first-order valence-corrected chi connectivity index (χ1v) is 19.8. The van der Waals surface area contributed by atoms with Crippen LogP contribution in [0.15, 0.2) is 237 Å². The first-order valence-electron chi connectivity index (χ1n) is 19.8. The van der Waals surface area contributed by atoms with Crippen molar-refractivity contribution in [3.63, 3.8) is 0 Å². The zero-order valence-corrected chi connectivity index (χ0v) is 31.9. The molecule has 9 aromatic rings. The van der Waals surface area contributed by atoms with Crippen molar-refractivity contribution in [2.24, 2.45) is 0 Å². The Morgan fingerprint density at radius 2 is 0.667 bits per heavy atom. The lowest BCUT2D eigenvalue weighted by Crippen LogP contribution is -2.11. The molecule has 1 heteroatoms. The normalized spacial score (nSPS) is 10.9. The van der Waals surface area contributed by atoms with Crippen molar-refractivity contribution in [3.05, 3.63) is 259 Å². The molecular formula is C56H43N. The van der Waals surface area contributed by atoms with Gasteiger partial charge >= 0.3 is 0 Å². The summed E-state index contributed by atoms with van der Waals surface area (Å²) in [6.07, 6.45) is 1.72. The number of hydrogen-bond acceptors (Lipinski definition) is 1. The van der Waals surface area contributed by atoms with E-state index in [0.717, 1.165) is 29.9 Å². The molecule has 9 rings (SSSR count). The third kappa shape index (κ3) is 7.83. The smallest absolute Gasteiger partial charge is 0.0540 e. The van der Waals surface area contributed by atoms with Crippen LogP contribution in [0.5, 0.6) is 0 Å². The minimum absolute atomic E-state index is 0.852. The van der Waals surface area contributed by atoms with Gasteiger partial charge in [-0.2, -0.15) is 0 Å². The molecule has 0 unspecified atom stereocenters. The number of anilines is 3. The molecule has 0 bridgehead atoms. The topological polar surface area (TPSA) is 3.24 Å². The molecule has 272 valence electrons. The average molecular weight is 730 g/mol. The van der Waals surface area contributed by atoms with E-state index < -0.39 is 0 Å². The maximum absolute atomic E-state index is 2.39. The Kier molecular flexibility index (Phi) is 10.4. The van der Waals surface area contributed by atoms with E-state index in [0.29, 0.717) is 0 Å². The van der Waals surface area contributed by atoms with E-state index in [2.05, 4.69) is 241 Å². The van der Waals surface area contributed by atoms with Crippen molar-refractivity contribution in [3.8, 4) is 44.5 Å². The lowest BCUT2D eigenvalue weighted by Gasteiger charge is -2.28. The van der Waals surface area contributed by atoms with Gasteiger partial charge in [-0.3, -0.25) is 0 Å². The second kappa shape index (κ2) is 16.7. The monoisotopic (exact) mass is 729 g/mol. The quantitative estimate of drug-likeness (QED) is 0.128. The van der Waals surface area contributed by atoms with Gasteiger partial charge in [0.15, 0.2) is 0 Å². The SMILES string of the molecule is c1ccc(Cc2ccccc2-c2c(Cc3ccccc3)cccc2-c2ccc(N(c3ccc(-c4ccccc4)cc3)c3ccccc3-c3ccccc3)cc2)cc1. The van der Waals surface area contributed by atoms with Gasteiger partial charge in [0.1, 0.15) is 0 Å². The van der Waals surface area contributed by atoms with E-state index in [4.69, 9.17) is 0 Å². The highest BCUT2D eigenvalue weighted by Gasteiger charge is 2.20. The molecule has 57 heavy (non-hydrogen) atoms. The molecule has 0 heterocycles. The van der Waals surface area contributed by atoms with Gasteiger partial charge in [0, 0.05) is 16.9 Å². The summed E-state index contributed by atoms with van der Waals surface area (Å²) < 4.78 is 0. The Morgan fingerprint density at radius 1 is 0.263 bits per heavy atom. The zero-order chi connectivity index (χ0) is 38.2. The Balaban J connectivity index is 1.17. The fraction of sp³-hybridized carbons (Fsp3) is 0.0357. The highest BCUT2D eigenvalue weighted by atomic mass is 15.1. The van der Waals surface area contributed by atoms with Crippen LogP contribution in [-0.4, -0.2) is 0 Å². The molecule has 0 radical (unpaired) electrons. The molecule has 0 spiro atoms. The van der Waals surface area contributed by atoms with Gasteiger partial charge in [-0.05, 0) is 104 Å². The van der Waals surface area contributed by atoms with Gasteiger partial charge in [-0.1, -0.05) is 206 Å². The minimum atomic E-state index is 0.852. The van der Waals surface area contributed by atoms with Gasteiger partial charge in [0.25, 0.3) is 0 Å². The third-order valence-corrected chi connectivity index (χ3v) is 10.8. The molecule has 0 saturated heterocycles. The van der Waals surface area contributed by atoms with Gasteiger partial charge in [0.05, 0.1) is 5.69 Å². The molecule has 9 aromatic carbocycles. The highest BCUT2D eigenvalue weighted by Crippen LogP contribution is 2.43. The van der Waals surface area contributed by atoms with Crippen LogP contribution in [0.4, 0.5) is 17.1 Å². The maximum Gasteiger partial charge on any atom is 0.0540 e. The van der Waals surface area contributed by atoms with Gasteiger partial charge in [-0.25, -0.2) is 0 Å². The number of benzene rings is 9. The minimum Gasteiger partial charge on any atom is -0.310 e. The largest absolute Gasteiger partial charge is 0.310 e. The van der Waals surface area contributed by atoms with Crippen molar-refractivity contribution in [2.45, 2.75) is 12.8 Å². The van der Waals surface area contributed by atoms with E-state index in [1.165, 1.54) is 66.8 Å². The van der Waals surface area contributed by atoms with E-state index in [1.807, 2.05) is 0 Å². The summed E-state index contributed by atoms with van der Waals surface area (Å²) in [6.45, 7) is 0. The van der Waals surface area contributed by atoms with Crippen molar-refractivity contribution in [2.75, 3.05) is 4.90 Å². The summed E-state index contributed by atoms with van der Waals surface area (Å²) in [5.41, 5.74) is 18.4. The van der Waals surface area contributed by atoms with E-state index >= 15 is 0 Å². The summed E-state index contributed by atoms with van der Waals surface area (Å²) in [5.74, 6) is 0. The Hall–Kier alpha value is -7.22. The molecule has 0 fully saturated rings. The molecule has 0 atom stereocenters. The predicted octanol–water partition coefficient (Wildman–Crippen LogP) is 15.0. The van der Waals surface area contributed by atoms with Crippen LogP contribution in [0.1, 0.15) is 22.3 Å². The van der Waals surface area contributed by atoms with Crippen molar-refractivity contribution in [1.29, 1.82) is 0 Å². The van der Waals surface area contributed by atoms with Gasteiger partial charge in [0.2, 0.25) is 0 Å². The fourth-order valence-corrected chi connectivity index (χ4v) is 8.04. The predicted molar refractivity (Wildman–Crippen MR) is 241 cm³/mol. The van der Waals surface area contributed by atoms with Crippen LogP contribution < -0.4 is 4.90 Å². The molecule has 0 aliphatic rings. The van der Waals surface area contributed by atoms with Crippen LogP contribution in [0.25, 0.3) is 44.5 Å². The van der Waals surface area contributed by atoms with Crippen LogP contribution in [0, 0.1) is 0 Å². The number of para-hydroxylation sites is 1. The van der Waals surface area contributed by atoms with Crippen molar-refractivity contribution >= 4 is 17.1 Å². The van der Waals surface area contributed by atoms with Crippen LogP contribution >= 0.6 is 0 Å². The zero-order valence-electron chi connectivity index (χ0n) is 31.9. The molecule has 0 N–H and O–H groups in total. The third-order valence-electron chi connectivity index (χ3n) is 10.8. The fourth-order valence-electron chi connectivity index (χ4n) is 8.04. The van der Waals surface area contributed by atoms with Crippen molar-refractivity contribution < 1.29 is 0 Å². The van der Waals surface area contributed by atoms with Crippen LogP contribution in [-0.2, 0) is 12.8 Å². The molecule has 0 aromatic heterocycles. The average Bonchev–Trinajstić information content (AvgIpc) is 3.29. The summed E-state index contributed by atoms with van der Waals surface area (Å²) in [6, 6.07) is 85.5. The number of hydrogen-bond donors (Lipinski definition) is 0. The Labute approximate surface area is 336 Å². The van der Waals surface area contributed by atoms with E-state index in [-0.39, 0.29) is 0 Å². The molecule has 0 aliphatic heterocycles. The molecule has 1 nitrogen and oxygen atoms in total. The second-order valence-corrected chi connectivity index (χ2v) is 14.5. The molecule has 0 saturated carbocycles. The van der Waals surface area contributed by atoms with Gasteiger partial charge in [-0.15, -0.1) is 0 Å². The number of rotatable bonds is 11. The summed E-state index contributed by atoms with van der Waals surface area (Å²) in [5, 5.41) is 0. The standard InChI is InChI=1S/C56H43N/c1-5-18-42(19-6-1)40-48-26-13-14-29-54(48)56-49(41-43-20-7-2-8-21-43)27-17-30-53(56)47-34-38-51(39-35-47)57(50-36-32-45(33-37-50)44-22-9-3-10-23-44)55-31-16-15-28-52(55)46-24-11-4-12-25-46/h1-39H,40-41H2. The summed E-state index contributed by atoms with van der Waals surface area (Å²) >= 11 is 0. The molecule has 0 aliphatic carbocycles. The first-order chi connectivity index (χ1) is 28.3. The van der Waals surface area contributed by atoms with Crippen LogP contribution in [0.3, 0.4) is 0 Å². The van der Waals surface area contributed by atoms with E-state index in [1.54, 1.807) is 0 Å². The molecular weight excluding hydrogens is 687 g/mol. The first kappa shape index (κ1) is 35.5. The Morgan fingerprint density at radius 3 is 1.28 bits per heavy atom. The lowest BCUT2D eigenvalue weighted by atomic mass is 9.85. The number of nitrogens with zero attached hydrogens (tertiary/aromatic N) is 1. The maximum atomic E-state index is 2.39. The van der Waals surface area contributed by atoms with Crippen molar-refractivity contribution in [1.82, 2.24) is 0 Å². The van der Waals surface area contributed by atoms with E-state index in [9.17, 15) is 0 Å². The van der Waals surface area contributed by atoms with Crippen LogP contribution in [0.2, 0.25) is 0 Å². The molecule has 0 amide bonds. The summed E-state index contributed by atoms with van der Waals surface area (Å²) in [4.78, 5) is 2.39. The summed E-state index contributed by atoms with van der Waals surface area (Å²) in [7, 11) is 0. The lowest BCUT2D eigenvalue weighted by molar-refractivity contribution is 1.17. The Bertz CT molecular complexity index is 2680.